The molecule has 0 atom stereocenters. The average molecular weight is 548 g/mol. The van der Waals surface area contributed by atoms with E-state index in [-0.39, 0.29) is 29.3 Å². The number of carbonyl (C=O) groups is 1. The Morgan fingerprint density at radius 1 is 1.19 bits per heavy atom. The van der Waals surface area contributed by atoms with Crippen molar-refractivity contribution in [1.29, 1.82) is 5.26 Å². The van der Waals surface area contributed by atoms with Gasteiger partial charge in [0, 0.05) is 34.8 Å². The molecule has 0 bridgehead atoms. The number of hydrogen-bond acceptors (Lipinski definition) is 7. The molecule has 9 nitrogen and oxygen atoms in total. The van der Waals surface area contributed by atoms with E-state index in [4.69, 9.17) is 0 Å². The molecule has 32 heavy (non-hydrogen) atoms. The van der Waals surface area contributed by atoms with Crippen LogP contribution >= 0.6 is 22.6 Å². The number of halogens is 1. The van der Waals surface area contributed by atoms with E-state index in [0.717, 1.165) is 31.6 Å². The van der Waals surface area contributed by atoms with Gasteiger partial charge in [-0.3, -0.25) is 14.9 Å². The smallest absolute Gasteiger partial charge is 0.299 e. The first-order chi connectivity index (χ1) is 15.3. The monoisotopic (exact) mass is 548 g/mol. The maximum atomic E-state index is 12.1. The Morgan fingerprint density at radius 2 is 1.88 bits per heavy atom. The van der Waals surface area contributed by atoms with E-state index >= 15 is 0 Å². The Kier molecular flexibility index (Phi) is 9.52. The molecule has 0 saturated heterocycles. The van der Waals surface area contributed by atoms with Gasteiger partial charge in [-0.2, -0.15) is 5.26 Å². The molecule has 0 radical (unpaired) electrons. The summed E-state index contributed by atoms with van der Waals surface area (Å²) in [5.41, 5.74) is 1.39. The molecule has 0 aliphatic carbocycles. The first kappa shape index (κ1) is 25.2. The van der Waals surface area contributed by atoms with Gasteiger partial charge in [-0.1, -0.05) is 20.8 Å². The molecule has 1 amide bonds. The number of benzene rings is 2. The molecule has 0 heterocycles. The Morgan fingerprint density at radius 3 is 2.44 bits per heavy atom. The third-order valence-electron chi connectivity index (χ3n) is 4.56. The van der Waals surface area contributed by atoms with Gasteiger partial charge in [-0.25, -0.2) is 0 Å². The minimum Gasteiger partial charge on any atom is -0.371 e. The van der Waals surface area contributed by atoms with Gasteiger partial charge >= 0.3 is 0 Å². The summed E-state index contributed by atoms with van der Waals surface area (Å²) in [6.07, 6.45) is 2.24. The fraction of sp³-hybridized carbons (Fsp3) is 0.364. The van der Waals surface area contributed by atoms with Crippen molar-refractivity contribution in [2.24, 2.45) is 10.2 Å². The van der Waals surface area contributed by atoms with E-state index < -0.39 is 4.92 Å². The van der Waals surface area contributed by atoms with Crippen LogP contribution in [0.15, 0.2) is 40.6 Å². The number of anilines is 2. The summed E-state index contributed by atoms with van der Waals surface area (Å²) in [6, 6.07) is 10.2. The second-order valence-corrected chi connectivity index (χ2v) is 8.23. The first-order valence-electron chi connectivity index (χ1n) is 10.3. The van der Waals surface area contributed by atoms with E-state index in [0.29, 0.717) is 14.9 Å². The number of carbonyl (C=O) groups excluding carboxylic acids is 1. The van der Waals surface area contributed by atoms with Crippen LogP contribution in [0.25, 0.3) is 0 Å². The zero-order valence-corrected chi connectivity index (χ0v) is 20.4. The molecule has 0 spiro atoms. The van der Waals surface area contributed by atoms with Crippen LogP contribution in [0.3, 0.4) is 0 Å². The fourth-order valence-corrected chi connectivity index (χ4v) is 3.68. The normalized spacial score (nSPS) is 10.7. The zero-order chi connectivity index (χ0) is 23.7. The first-order valence-corrected chi connectivity index (χ1v) is 11.4. The second kappa shape index (κ2) is 12.1. The van der Waals surface area contributed by atoms with Gasteiger partial charge in [0.2, 0.25) is 5.91 Å². The molecule has 168 valence electrons. The van der Waals surface area contributed by atoms with Crippen molar-refractivity contribution in [1.82, 2.24) is 0 Å². The number of nitro benzene ring substituents is 1. The van der Waals surface area contributed by atoms with E-state index in [1.54, 1.807) is 13.0 Å². The molecule has 10 heteroatoms. The van der Waals surface area contributed by atoms with Crippen molar-refractivity contribution in [2.75, 3.05) is 23.3 Å². The number of amides is 1. The van der Waals surface area contributed by atoms with E-state index in [2.05, 4.69) is 34.3 Å². The summed E-state index contributed by atoms with van der Waals surface area (Å²) >= 11 is 1.91. The highest BCUT2D eigenvalue weighted by molar-refractivity contribution is 14.1. The maximum Gasteiger partial charge on any atom is 0.299 e. The summed E-state index contributed by atoms with van der Waals surface area (Å²) in [7, 11) is 0. The molecule has 0 fully saturated rings. The molecule has 2 aromatic rings. The van der Waals surface area contributed by atoms with Crippen molar-refractivity contribution in [2.45, 2.75) is 40.0 Å². The molecule has 2 aromatic carbocycles. The number of nitrogens with zero attached hydrogens (tertiary/aromatic N) is 5. The molecule has 0 aromatic heterocycles. The van der Waals surface area contributed by atoms with Gasteiger partial charge in [0.25, 0.3) is 5.69 Å². The third kappa shape index (κ3) is 6.46. The quantitative estimate of drug-likeness (QED) is 0.158. The lowest BCUT2D eigenvalue weighted by Crippen LogP contribution is -2.25. The molecular weight excluding hydrogens is 523 g/mol. The molecule has 1 N–H and O–H groups in total. The van der Waals surface area contributed by atoms with Crippen molar-refractivity contribution in [3.05, 3.63) is 49.6 Å². The van der Waals surface area contributed by atoms with Gasteiger partial charge in [-0.15, -0.1) is 10.2 Å². The predicted molar refractivity (Wildman–Crippen MR) is 133 cm³/mol. The Bertz CT molecular complexity index is 1060. The van der Waals surface area contributed by atoms with Crippen LogP contribution in [0.5, 0.6) is 0 Å². The largest absolute Gasteiger partial charge is 0.371 e. The van der Waals surface area contributed by atoms with Crippen LogP contribution in [-0.4, -0.2) is 23.9 Å². The minimum absolute atomic E-state index is 0.0557. The number of hydrogen-bond donors (Lipinski definition) is 1. The highest BCUT2D eigenvalue weighted by atomic mass is 127. The Balaban J connectivity index is 2.55. The number of nitrogens with one attached hydrogen (secondary N) is 1. The number of nitro groups is 1. The molecule has 0 unspecified atom stereocenters. The Hall–Kier alpha value is -3.07. The van der Waals surface area contributed by atoms with E-state index in [9.17, 15) is 20.2 Å². The molecule has 0 aliphatic heterocycles. The number of azo groups is 1. The maximum absolute atomic E-state index is 12.1. The average Bonchev–Trinajstić information content (AvgIpc) is 2.77. The van der Waals surface area contributed by atoms with Crippen LogP contribution in [-0.2, 0) is 4.79 Å². The highest BCUT2D eigenvalue weighted by Gasteiger charge is 2.20. The molecule has 2 rings (SSSR count). The van der Waals surface area contributed by atoms with Gasteiger partial charge in [0.15, 0.2) is 5.69 Å². The third-order valence-corrected chi connectivity index (χ3v) is 5.18. The predicted octanol–water partition coefficient (Wildman–Crippen LogP) is 6.46. The summed E-state index contributed by atoms with van der Waals surface area (Å²) in [4.78, 5) is 25.2. The number of rotatable bonds is 10. The molecule has 0 aliphatic rings. The molecule has 0 saturated carbocycles. The van der Waals surface area contributed by atoms with Crippen molar-refractivity contribution in [3.63, 3.8) is 0 Å². The summed E-state index contributed by atoms with van der Waals surface area (Å²) < 4.78 is 0.553. The van der Waals surface area contributed by atoms with Crippen molar-refractivity contribution >= 4 is 56.9 Å². The summed E-state index contributed by atoms with van der Waals surface area (Å²) in [6.45, 7) is 7.69. The van der Waals surface area contributed by atoms with Crippen molar-refractivity contribution < 1.29 is 9.72 Å². The Labute approximate surface area is 200 Å². The van der Waals surface area contributed by atoms with Crippen LogP contribution in [0, 0.1) is 25.0 Å². The summed E-state index contributed by atoms with van der Waals surface area (Å²) in [5, 5.41) is 31.9. The van der Waals surface area contributed by atoms with Crippen LogP contribution in [0.1, 0.15) is 45.6 Å². The SMILES string of the molecule is CCCN(CCC)c1ccc(N=Nc2c(C#N)cc(I)cc2[N+](=O)[O-])c(NC(=O)CC)c1. The highest BCUT2D eigenvalue weighted by Crippen LogP contribution is 2.37. The van der Waals surface area contributed by atoms with Crippen LogP contribution < -0.4 is 10.2 Å². The van der Waals surface area contributed by atoms with Gasteiger partial charge in [0.1, 0.15) is 11.8 Å². The second-order valence-electron chi connectivity index (χ2n) is 6.98. The topological polar surface area (TPSA) is 124 Å². The molecular formula is C22H25IN6O3. The minimum atomic E-state index is -0.590. The van der Waals surface area contributed by atoms with Crippen LogP contribution in [0.4, 0.5) is 28.4 Å². The standard InChI is InChI=1S/C22H25IN6O3/c1-4-9-28(10-5-2)17-7-8-18(19(13-17)25-21(30)6-3)26-27-22-15(14-24)11-16(23)12-20(22)29(31)32/h7-8,11-13H,4-6,9-10H2,1-3H3,(H,25,30). The summed E-state index contributed by atoms with van der Waals surface area (Å²) in [5.74, 6) is -0.186. The van der Waals surface area contributed by atoms with Gasteiger partial charge < -0.3 is 10.2 Å². The zero-order valence-electron chi connectivity index (χ0n) is 18.3. The van der Waals surface area contributed by atoms with Crippen LogP contribution in [0.2, 0.25) is 0 Å². The van der Waals surface area contributed by atoms with Gasteiger partial charge in [0.05, 0.1) is 16.2 Å². The van der Waals surface area contributed by atoms with Crippen molar-refractivity contribution in [3.8, 4) is 6.07 Å². The lowest BCUT2D eigenvalue weighted by molar-refractivity contribution is -0.384. The van der Waals surface area contributed by atoms with E-state index in [1.807, 2.05) is 40.8 Å². The van der Waals surface area contributed by atoms with Gasteiger partial charge in [-0.05, 0) is 59.7 Å². The lowest BCUT2D eigenvalue weighted by Gasteiger charge is -2.24. The lowest BCUT2D eigenvalue weighted by atomic mass is 10.1. The van der Waals surface area contributed by atoms with E-state index in [1.165, 1.54) is 12.1 Å². The number of nitriles is 1. The fourth-order valence-electron chi connectivity index (χ4n) is 3.07.